The van der Waals surface area contributed by atoms with E-state index in [4.69, 9.17) is 35.8 Å². The van der Waals surface area contributed by atoms with Gasteiger partial charge < -0.3 is 19.5 Å². The molecular formula is C33H44ClN5O3. The third-order valence-electron chi connectivity index (χ3n) is 9.68. The van der Waals surface area contributed by atoms with Crippen molar-refractivity contribution >= 4 is 17.4 Å². The van der Waals surface area contributed by atoms with Crippen LogP contribution in [0.25, 0.3) is 11.3 Å². The van der Waals surface area contributed by atoms with Gasteiger partial charge >= 0.3 is 0 Å². The zero-order valence-electron chi connectivity index (χ0n) is 24.6. The van der Waals surface area contributed by atoms with E-state index in [-0.39, 0.29) is 0 Å². The van der Waals surface area contributed by atoms with Crippen molar-refractivity contribution in [2.45, 2.75) is 82.5 Å². The molecule has 0 radical (unpaired) electrons. The van der Waals surface area contributed by atoms with E-state index in [9.17, 15) is 5.26 Å². The predicted molar refractivity (Wildman–Crippen MR) is 163 cm³/mol. The summed E-state index contributed by atoms with van der Waals surface area (Å²) in [5.74, 6) is 1.34. The van der Waals surface area contributed by atoms with Crippen LogP contribution in [0.1, 0.15) is 63.5 Å². The highest BCUT2D eigenvalue weighted by Gasteiger charge is 2.34. The Hall–Kier alpha value is -2.28. The van der Waals surface area contributed by atoms with E-state index in [1.54, 1.807) is 6.20 Å². The molecule has 0 aromatic carbocycles. The first-order valence-corrected chi connectivity index (χ1v) is 16.3. The normalized spacial score (nSPS) is 27.4. The summed E-state index contributed by atoms with van der Waals surface area (Å²) < 4.78 is 17.5. The van der Waals surface area contributed by atoms with Crippen LogP contribution >= 0.6 is 11.6 Å². The summed E-state index contributed by atoms with van der Waals surface area (Å²) in [4.78, 5) is 12.3. The minimum absolute atomic E-state index is 0.366. The molecule has 5 heterocycles. The maximum absolute atomic E-state index is 9.81. The first-order chi connectivity index (χ1) is 20.6. The lowest BCUT2D eigenvalue weighted by Crippen LogP contribution is -2.43. The fraction of sp³-hybridized carbons (Fsp3) is 0.667. The lowest BCUT2D eigenvalue weighted by atomic mass is 9.82. The topological polar surface area (TPSA) is 92.5 Å². The van der Waals surface area contributed by atoms with Crippen molar-refractivity contribution in [3.63, 3.8) is 0 Å². The molecule has 8 nitrogen and oxygen atoms in total. The lowest BCUT2D eigenvalue weighted by Gasteiger charge is -2.33. The summed E-state index contributed by atoms with van der Waals surface area (Å²) in [7, 11) is 0. The van der Waals surface area contributed by atoms with E-state index in [1.165, 1.54) is 44.9 Å². The van der Waals surface area contributed by atoms with Gasteiger partial charge in [0.2, 0.25) is 0 Å². The predicted octanol–water partition coefficient (Wildman–Crippen LogP) is 5.90. The quantitative estimate of drug-likeness (QED) is 0.344. The van der Waals surface area contributed by atoms with E-state index >= 15 is 0 Å². The van der Waals surface area contributed by atoms with E-state index in [0.717, 1.165) is 68.3 Å². The van der Waals surface area contributed by atoms with Gasteiger partial charge in [0.15, 0.2) is 0 Å². The fourth-order valence-corrected chi connectivity index (χ4v) is 7.36. The van der Waals surface area contributed by atoms with Gasteiger partial charge in [-0.05, 0) is 88.3 Å². The summed E-state index contributed by atoms with van der Waals surface area (Å²) in [6.45, 7) is 5.67. The van der Waals surface area contributed by atoms with Gasteiger partial charge in [0.1, 0.15) is 5.82 Å². The first-order valence-electron chi connectivity index (χ1n) is 15.9. The second-order valence-electron chi connectivity index (χ2n) is 12.7. The SMILES string of the molecule is N#CC1(CNc2cccc(-c3cc(C[C@@H]4CC[C@@H](N(CC5CCCO5)CC5CCCO5)C4)ncc3Cl)n2)CCOCC1. The Morgan fingerprint density at radius 2 is 1.79 bits per heavy atom. The van der Waals surface area contributed by atoms with Crippen molar-refractivity contribution in [3.05, 3.63) is 41.2 Å². The standard InChI is InChI=1S/C33H44ClN5O3/c34-30-19-36-25(18-29(30)31-6-1-7-32(38-31)37-23-33(22-35)10-14-40-15-11-33)16-24-8-9-26(17-24)39(20-27-4-2-12-41-27)21-28-5-3-13-42-28/h1,6-7,18-19,24,26-28H,2-5,8-17,20-21,23H2,(H,37,38)/t24-,26+,27?,28?/m0/s1. The zero-order valence-corrected chi connectivity index (χ0v) is 25.4. The first kappa shape index (κ1) is 29.8. The number of nitrogens with one attached hydrogen (secondary N) is 1. The molecule has 3 aliphatic heterocycles. The van der Waals surface area contributed by atoms with E-state index in [0.29, 0.717) is 48.9 Å². The largest absolute Gasteiger partial charge is 0.381 e. The van der Waals surface area contributed by atoms with Gasteiger partial charge in [0.05, 0.1) is 34.4 Å². The minimum Gasteiger partial charge on any atom is -0.381 e. The smallest absolute Gasteiger partial charge is 0.126 e. The molecule has 4 aliphatic rings. The number of anilines is 1. The maximum Gasteiger partial charge on any atom is 0.126 e. The van der Waals surface area contributed by atoms with Crippen LogP contribution in [-0.4, -0.2) is 79.2 Å². The summed E-state index contributed by atoms with van der Waals surface area (Å²) >= 11 is 6.66. The van der Waals surface area contributed by atoms with Gasteiger partial charge in [0, 0.05) is 69.6 Å². The van der Waals surface area contributed by atoms with E-state index in [2.05, 4.69) is 22.4 Å². The van der Waals surface area contributed by atoms with Crippen LogP contribution in [0.3, 0.4) is 0 Å². The van der Waals surface area contributed by atoms with Gasteiger partial charge in [-0.3, -0.25) is 9.88 Å². The molecule has 2 aromatic heterocycles. The summed E-state index contributed by atoms with van der Waals surface area (Å²) in [6.07, 6.45) is 13.2. The molecule has 3 saturated heterocycles. The Labute approximate surface area is 255 Å². The van der Waals surface area contributed by atoms with E-state index < -0.39 is 5.41 Å². The van der Waals surface area contributed by atoms with Gasteiger partial charge in [-0.1, -0.05) is 17.7 Å². The Morgan fingerprint density at radius 1 is 1.02 bits per heavy atom. The van der Waals surface area contributed by atoms with Crippen LogP contribution in [0.15, 0.2) is 30.5 Å². The fourth-order valence-electron chi connectivity index (χ4n) is 7.16. The second-order valence-corrected chi connectivity index (χ2v) is 13.1. The molecule has 1 aliphatic carbocycles. The molecule has 1 saturated carbocycles. The molecule has 1 N–H and O–H groups in total. The minimum atomic E-state index is -0.416. The number of ether oxygens (including phenoxy) is 3. The third-order valence-corrected chi connectivity index (χ3v) is 9.99. The highest BCUT2D eigenvalue weighted by Crippen LogP contribution is 2.35. The van der Waals surface area contributed by atoms with Crippen LogP contribution in [0, 0.1) is 22.7 Å². The van der Waals surface area contributed by atoms with Crippen molar-refractivity contribution in [2.24, 2.45) is 11.3 Å². The monoisotopic (exact) mass is 593 g/mol. The van der Waals surface area contributed by atoms with Crippen LogP contribution in [-0.2, 0) is 20.6 Å². The van der Waals surface area contributed by atoms with Crippen molar-refractivity contribution in [3.8, 4) is 17.3 Å². The Balaban J connectivity index is 1.09. The number of pyridine rings is 2. The zero-order chi connectivity index (χ0) is 28.8. The Kier molecular flexibility index (Phi) is 9.93. The molecule has 4 fully saturated rings. The highest BCUT2D eigenvalue weighted by atomic mass is 35.5. The average Bonchev–Trinajstić information content (AvgIpc) is 3.82. The summed E-state index contributed by atoms with van der Waals surface area (Å²) in [6, 6.07) is 11.1. The molecule has 42 heavy (non-hydrogen) atoms. The van der Waals surface area contributed by atoms with Crippen LogP contribution in [0.5, 0.6) is 0 Å². The number of rotatable bonds is 11. The number of nitriles is 1. The summed E-state index contributed by atoms with van der Waals surface area (Å²) in [5.41, 5.74) is 2.37. The second kappa shape index (κ2) is 14.0. The van der Waals surface area contributed by atoms with Crippen LogP contribution < -0.4 is 5.32 Å². The molecule has 4 atom stereocenters. The molecule has 0 spiro atoms. The van der Waals surface area contributed by atoms with E-state index in [1.807, 2.05) is 18.2 Å². The van der Waals surface area contributed by atoms with Crippen LogP contribution in [0.4, 0.5) is 5.82 Å². The molecule has 2 unspecified atom stereocenters. The number of nitrogens with zero attached hydrogens (tertiary/aromatic N) is 4. The molecule has 9 heteroatoms. The molecule has 0 amide bonds. The molecule has 6 rings (SSSR count). The Morgan fingerprint density at radius 3 is 2.48 bits per heavy atom. The Bertz CT molecular complexity index is 1200. The number of hydrogen-bond donors (Lipinski definition) is 1. The van der Waals surface area contributed by atoms with Crippen molar-refractivity contribution in [2.75, 3.05) is 51.4 Å². The molecular weight excluding hydrogens is 550 g/mol. The van der Waals surface area contributed by atoms with Crippen molar-refractivity contribution in [1.29, 1.82) is 5.26 Å². The van der Waals surface area contributed by atoms with Gasteiger partial charge in [-0.25, -0.2) is 4.98 Å². The maximum atomic E-state index is 9.81. The molecule has 0 bridgehead atoms. The van der Waals surface area contributed by atoms with Crippen LogP contribution in [0.2, 0.25) is 5.02 Å². The number of halogens is 1. The molecule has 226 valence electrons. The summed E-state index contributed by atoms with van der Waals surface area (Å²) in [5, 5.41) is 13.8. The van der Waals surface area contributed by atoms with Gasteiger partial charge in [-0.15, -0.1) is 0 Å². The number of hydrogen-bond acceptors (Lipinski definition) is 8. The molecule has 2 aromatic rings. The highest BCUT2D eigenvalue weighted by molar-refractivity contribution is 6.33. The average molecular weight is 594 g/mol. The number of aromatic nitrogens is 2. The van der Waals surface area contributed by atoms with Gasteiger partial charge in [0.25, 0.3) is 0 Å². The third kappa shape index (κ3) is 7.43. The van der Waals surface area contributed by atoms with Crippen molar-refractivity contribution < 1.29 is 14.2 Å². The lowest BCUT2D eigenvalue weighted by molar-refractivity contribution is 0.0202. The van der Waals surface area contributed by atoms with Crippen molar-refractivity contribution in [1.82, 2.24) is 14.9 Å². The van der Waals surface area contributed by atoms with Gasteiger partial charge in [-0.2, -0.15) is 5.26 Å².